The van der Waals surface area contributed by atoms with Gasteiger partial charge < -0.3 is 10.1 Å². The molecular weight excluding hydrogens is 428 g/mol. The number of rotatable bonds is 6. The number of nitrogens with one attached hydrogen (secondary N) is 1. The minimum absolute atomic E-state index is 0.0544. The molecule has 0 aliphatic rings. The van der Waals surface area contributed by atoms with Gasteiger partial charge in [0, 0.05) is 34.4 Å². The molecule has 23 heavy (non-hydrogen) atoms. The van der Waals surface area contributed by atoms with Crippen LogP contribution in [0.5, 0.6) is 5.75 Å². The molecule has 0 heterocycles. The van der Waals surface area contributed by atoms with Gasteiger partial charge in [-0.25, -0.2) is 0 Å². The van der Waals surface area contributed by atoms with E-state index in [2.05, 4.69) is 43.1 Å². The lowest BCUT2D eigenvalue weighted by molar-refractivity contribution is -0.384. The molecule has 0 radical (unpaired) electrons. The Morgan fingerprint density at radius 3 is 2.57 bits per heavy atom. The number of terminal acetylenes is 1. The summed E-state index contributed by atoms with van der Waals surface area (Å²) in [5.41, 5.74) is 1.73. The molecule has 5 nitrogen and oxygen atoms in total. The summed E-state index contributed by atoms with van der Waals surface area (Å²) in [6.07, 6.45) is 5.24. The number of hydrogen-bond donors (Lipinski definition) is 1. The van der Waals surface area contributed by atoms with E-state index in [-0.39, 0.29) is 12.3 Å². The van der Waals surface area contributed by atoms with E-state index in [0.29, 0.717) is 12.3 Å². The van der Waals surface area contributed by atoms with Gasteiger partial charge in [0.1, 0.15) is 12.4 Å². The van der Waals surface area contributed by atoms with Crippen LogP contribution in [0.1, 0.15) is 5.56 Å². The predicted molar refractivity (Wildman–Crippen MR) is 96.6 cm³/mol. The van der Waals surface area contributed by atoms with Gasteiger partial charge in [-0.2, -0.15) is 0 Å². The van der Waals surface area contributed by atoms with E-state index in [1.807, 2.05) is 12.1 Å². The van der Waals surface area contributed by atoms with Gasteiger partial charge in [0.05, 0.1) is 9.40 Å². The van der Waals surface area contributed by atoms with E-state index in [4.69, 9.17) is 11.2 Å². The monoisotopic (exact) mass is 438 g/mol. The lowest BCUT2D eigenvalue weighted by atomic mass is 10.2. The van der Waals surface area contributed by atoms with Crippen LogP contribution in [0.25, 0.3) is 0 Å². The lowest BCUT2D eigenvalue weighted by Crippen LogP contribution is -2.04. The van der Waals surface area contributed by atoms with Crippen molar-refractivity contribution >= 4 is 43.2 Å². The molecule has 2 aromatic carbocycles. The SMILES string of the molecule is C#CCOc1c(Br)cc(Br)cc1CNc1ccc([N+](=O)[O-])cc1. The smallest absolute Gasteiger partial charge is 0.269 e. The van der Waals surface area contributed by atoms with Crippen molar-refractivity contribution in [2.24, 2.45) is 0 Å². The fourth-order valence-electron chi connectivity index (χ4n) is 1.92. The first-order valence-corrected chi connectivity index (χ1v) is 8.12. The zero-order chi connectivity index (χ0) is 16.8. The van der Waals surface area contributed by atoms with Crippen molar-refractivity contribution in [1.29, 1.82) is 0 Å². The molecular formula is C16H12Br2N2O3. The average molecular weight is 440 g/mol. The molecule has 0 bridgehead atoms. The summed E-state index contributed by atoms with van der Waals surface area (Å²) >= 11 is 6.89. The van der Waals surface area contributed by atoms with Crippen molar-refractivity contribution in [2.75, 3.05) is 11.9 Å². The van der Waals surface area contributed by atoms with Crippen LogP contribution in [0.4, 0.5) is 11.4 Å². The normalized spacial score (nSPS) is 9.96. The first-order chi connectivity index (χ1) is 11.0. The number of ether oxygens (including phenoxy) is 1. The quantitative estimate of drug-likeness (QED) is 0.401. The molecule has 0 aliphatic carbocycles. The number of benzene rings is 2. The van der Waals surface area contributed by atoms with Gasteiger partial charge in [-0.05, 0) is 40.2 Å². The molecule has 118 valence electrons. The largest absolute Gasteiger partial charge is 0.479 e. The fraction of sp³-hybridized carbons (Fsp3) is 0.125. The summed E-state index contributed by atoms with van der Waals surface area (Å²) in [5.74, 6) is 3.10. The van der Waals surface area contributed by atoms with Gasteiger partial charge >= 0.3 is 0 Å². The maximum Gasteiger partial charge on any atom is 0.269 e. The third kappa shape index (κ3) is 4.71. The maximum atomic E-state index is 10.7. The first-order valence-electron chi connectivity index (χ1n) is 6.53. The second-order valence-corrected chi connectivity index (χ2v) is 6.30. The van der Waals surface area contributed by atoms with Crippen LogP contribution < -0.4 is 10.1 Å². The maximum absolute atomic E-state index is 10.7. The number of nitro groups is 1. The minimum atomic E-state index is -0.430. The Morgan fingerprint density at radius 1 is 1.26 bits per heavy atom. The van der Waals surface area contributed by atoms with Crippen LogP contribution in [0.15, 0.2) is 45.3 Å². The first kappa shape index (κ1) is 17.3. The van der Waals surface area contributed by atoms with E-state index < -0.39 is 4.92 Å². The summed E-state index contributed by atoms with van der Waals surface area (Å²) < 4.78 is 7.27. The van der Waals surface area contributed by atoms with Gasteiger partial charge in [-0.1, -0.05) is 21.9 Å². The van der Waals surface area contributed by atoms with E-state index in [1.165, 1.54) is 12.1 Å². The van der Waals surface area contributed by atoms with Gasteiger partial charge in [-0.3, -0.25) is 10.1 Å². The Labute approximate surface area is 150 Å². The minimum Gasteiger partial charge on any atom is -0.479 e. The van der Waals surface area contributed by atoms with E-state index in [1.54, 1.807) is 12.1 Å². The molecule has 0 aliphatic heterocycles. The fourth-order valence-corrected chi connectivity index (χ4v) is 3.35. The van der Waals surface area contributed by atoms with Crippen molar-refractivity contribution in [3.8, 4) is 18.1 Å². The topological polar surface area (TPSA) is 64.4 Å². The van der Waals surface area contributed by atoms with Crippen LogP contribution in [0, 0.1) is 22.5 Å². The highest BCUT2D eigenvalue weighted by Crippen LogP contribution is 2.33. The highest BCUT2D eigenvalue weighted by molar-refractivity contribution is 9.11. The van der Waals surface area contributed by atoms with Crippen molar-refractivity contribution in [3.63, 3.8) is 0 Å². The number of anilines is 1. The van der Waals surface area contributed by atoms with Crippen molar-refractivity contribution in [3.05, 3.63) is 61.0 Å². The van der Waals surface area contributed by atoms with Crippen molar-refractivity contribution < 1.29 is 9.66 Å². The standard InChI is InChI=1S/C16H12Br2N2O3/c1-2-7-23-16-11(8-12(17)9-15(16)18)10-19-13-3-5-14(6-4-13)20(21)22/h1,3-6,8-9,19H,7,10H2. The summed E-state index contributed by atoms with van der Waals surface area (Å²) in [4.78, 5) is 10.2. The van der Waals surface area contributed by atoms with Crippen LogP contribution in [-0.4, -0.2) is 11.5 Å². The number of nitrogens with zero attached hydrogens (tertiary/aromatic N) is 1. The number of hydrogen-bond acceptors (Lipinski definition) is 4. The highest BCUT2D eigenvalue weighted by atomic mass is 79.9. The molecule has 0 spiro atoms. The summed E-state index contributed by atoms with van der Waals surface area (Å²) in [7, 11) is 0. The Bertz CT molecular complexity index is 755. The molecule has 7 heteroatoms. The Morgan fingerprint density at radius 2 is 1.96 bits per heavy atom. The molecule has 0 unspecified atom stereocenters. The molecule has 2 rings (SSSR count). The van der Waals surface area contributed by atoms with Gasteiger partial charge in [0.25, 0.3) is 5.69 Å². The van der Waals surface area contributed by atoms with Gasteiger partial charge in [-0.15, -0.1) is 6.42 Å². The molecule has 0 saturated carbocycles. The molecule has 0 atom stereocenters. The van der Waals surface area contributed by atoms with Crippen LogP contribution >= 0.6 is 31.9 Å². The molecule has 0 saturated heterocycles. The Balaban J connectivity index is 2.16. The van der Waals surface area contributed by atoms with Crippen LogP contribution in [0.2, 0.25) is 0 Å². The van der Waals surface area contributed by atoms with E-state index >= 15 is 0 Å². The Hall–Kier alpha value is -2.04. The van der Waals surface area contributed by atoms with E-state index in [9.17, 15) is 10.1 Å². The molecule has 2 aromatic rings. The lowest BCUT2D eigenvalue weighted by Gasteiger charge is -2.14. The Kier molecular flexibility index (Phi) is 6.02. The zero-order valence-corrected chi connectivity index (χ0v) is 15.1. The average Bonchev–Trinajstić information content (AvgIpc) is 2.52. The molecule has 0 amide bonds. The number of nitro benzene ring substituents is 1. The summed E-state index contributed by atoms with van der Waals surface area (Å²) in [6, 6.07) is 10.0. The van der Waals surface area contributed by atoms with Crippen LogP contribution in [-0.2, 0) is 6.54 Å². The second-order valence-electron chi connectivity index (χ2n) is 4.53. The predicted octanol–water partition coefficient (Wildman–Crippen LogP) is 4.74. The number of halogens is 2. The zero-order valence-electron chi connectivity index (χ0n) is 11.9. The summed E-state index contributed by atoms with van der Waals surface area (Å²) in [5, 5.41) is 13.9. The van der Waals surface area contributed by atoms with Gasteiger partial charge in [0.2, 0.25) is 0 Å². The van der Waals surface area contributed by atoms with Crippen molar-refractivity contribution in [2.45, 2.75) is 6.54 Å². The highest BCUT2D eigenvalue weighted by Gasteiger charge is 2.11. The molecule has 0 fully saturated rings. The third-order valence-electron chi connectivity index (χ3n) is 2.95. The summed E-state index contributed by atoms with van der Waals surface area (Å²) in [6.45, 7) is 0.653. The number of non-ortho nitro benzene ring substituents is 1. The molecule has 1 N–H and O–H groups in total. The third-order valence-corrected chi connectivity index (χ3v) is 3.99. The van der Waals surface area contributed by atoms with Crippen molar-refractivity contribution in [1.82, 2.24) is 0 Å². The van der Waals surface area contributed by atoms with E-state index in [0.717, 1.165) is 20.2 Å². The molecule has 0 aromatic heterocycles. The van der Waals surface area contributed by atoms with Gasteiger partial charge in [0.15, 0.2) is 0 Å². The van der Waals surface area contributed by atoms with Crippen LogP contribution in [0.3, 0.4) is 0 Å². The second kappa shape index (κ2) is 7.99.